The summed E-state index contributed by atoms with van der Waals surface area (Å²) in [5.74, 6) is 1.22. The molecule has 2 rings (SSSR count). The van der Waals surface area contributed by atoms with E-state index in [0.29, 0.717) is 23.1 Å². The van der Waals surface area contributed by atoms with Gasteiger partial charge in [0.2, 0.25) is 0 Å². The smallest absolute Gasteiger partial charge is 0.162 e. The van der Waals surface area contributed by atoms with Crippen molar-refractivity contribution in [2.24, 2.45) is 0 Å². The first-order valence-corrected chi connectivity index (χ1v) is 6.02. The van der Waals surface area contributed by atoms with Crippen LogP contribution in [0.1, 0.15) is 5.69 Å². The number of hydrogen-bond donors (Lipinski definition) is 1. The second kappa shape index (κ2) is 6.24. The van der Waals surface area contributed by atoms with Gasteiger partial charge in [0.05, 0.1) is 37.2 Å². The fourth-order valence-electron chi connectivity index (χ4n) is 1.60. The minimum Gasteiger partial charge on any atom is -0.493 e. The van der Waals surface area contributed by atoms with Crippen LogP contribution in [0, 0.1) is 0 Å². The van der Waals surface area contributed by atoms with Crippen molar-refractivity contribution in [1.82, 2.24) is 9.97 Å². The molecule has 0 fully saturated rings. The van der Waals surface area contributed by atoms with Crippen molar-refractivity contribution in [2.75, 3.05) is 19.5 Å². The molecule has 100 valence electrons. The molecular weight excluding hydrogens is 266 g/mol. The van der Waals surface area contributed by atoms with E-state index in [0.717, 1.165) is 11.4 Å². The van der Waals surface area contributed by atoms with Gasteiger partial charge in [-0.3, -0.25) is 0 Å². The van der Waals surface area contributed by atoms with Crippen molar-refractivity contribution < 1.29 is 9.47 Å². The third-order valence-corrected chi connectivity index (χ3v) is 2.89. The van der Waals surface area contributed by atoms with Crippen LogP contribution in [0.4, 0.5) is 5.69 Å². The normalized spacial score (nSPS) is 10.1. The summed E-state index contributed by atoms with van der Waals surface area (Å²) in [6, 6.07) is 5.34. The molecule has 1 aromatic heterocycles. The van der Waals surface area contributed by atoms with E-state index in [1.54, 1.807) is 32.5 Å². The second-order valence-corrected chi connectivity index (χ2v) is 4.15. The summed E-state index contributed by atoms with van der Waals surface area (Å²) in [6.45, 7) is 0.553. The maximum absolute atomic E-state index is 6.17. The number of nitrogens with one attached hydrogen (secondary N) is 1. The molecule has 2 aromatic rings. The van der Waals surface area contributed by atoms with Gasteiger partial charge in [0.1, 0.15) is 6.33 Å². The van der Waals surface area contributed by atoms with Crippen LogP contribution in [0.15, 0.2) is 30.7 Å². The number of nitrogens with zero attached hydrogens (tertiary/aromatic N) is 2. The van der Waals surface area contributed by atoms with Gasteiger partial charge < -0.3 is 14.8 Å². The second-order valence-electron chi connectivity index (χ2n) is 3.74. The van der Waals surface area contributed by atoms with Gasteiger partial charge in [0.15, 0.2) is 11.5 Å². The number of benzene rings is 1. The fourth-order valence-corrected chi connectivity index (χ4v) is 1.82. The molecule has 0 amide bonds. The molecular formula is C13H14ClN3O2. The summed E-state index contributed by atoms with van der Waals surface area (Å²) >= 11 is 6.17. The third-order valence-electron chi connectivity index (χ3n) is 2.58. The Kier molecular flexibility index (Phi) is 4.41. The summed E-state index contributed by atoms with van der Waals surface area (Å²) < 4.78 is 10.4. The van der Waals surface area contributed by atoms with E-state index >= 15 is 0 Å². The Morgan fingerprint density at radius 2 is 1.95 bits per heavy atom. The molecule has 0 radical (unpaired) electrons. The van der Waals surface area contributed by atoms with E-state index in [2.05, 4.69) is 15.3 Å². The Balaban J connectivity index is 2.16. The van der Waals surface area contributed by atoms with E-state index < -0.39 is 0 Å². The van der Waals surface area contributed by atoms with E-state index in [-0.39, 0.29) is 0 Å². The lowest BCUT2D eigenvalue weighted by Gasteiger charge is -2.13. The zero-order chi connectivity index (χ0) is 13.7. The molecule has 0 saturated carbocycles. The highest BCUT2D eigenvalue weighted by molar-refractivity contribution is 6.33. The molecule has 0 aliphatic heterocycles. The molecule has 19 heavy (non-hydrogen) atoms. The molecule has 1 N–H and O–H groups in total. The molecule has 1 heterocycles. The maximum Gasteiger partial charge on any atom is 0.162 e. The lowest BCUT2D eigenvalue weighted by atomic mass is 10.2. The Hall–Kier alpha value is -2.01. The van der Waals surface area contributed by atoms with Crippen molar-refractivity contribution >= 4 is 17.3 Å². The highest BCUT2D eigenvalue weighted by Crippen LogP contribution is 2.36. The number of methoxy groups -OCH3 is 2. The molecule has 0 bridgehead atoms. The Morgan fingerprint density at radius 1 is 1.21 bits per heavy atom. The summed E-state index contributed by atoms with van der Waals surface area (Å²) in [6.07, 6.45) is 3.20. The van der Waals surface area contributed by atoms with Crippen LogP contribution in [-0.4, -0.2) is 24.2 Å². The topological polar surface area (TPSA) is 56.3 Å². The van der Waals surface area contributed by atoms with E-state index in [1.807, 2.05) is 6.07 Å². The summed E-state index contributed by atoms with van der Waals surface area (Å²) in [5.41, 5.74) is 1.64. The van der Waals surface area contributed by atoms with Crippen molar-refractivity contribution in [3.8, 4) is 11.5 Å². The minimum absolute atomic E-state index is 0.553. The van der Waals surface area contributed by atoms with E-state index in [4.69, 9.17) is 21.1 Å². The average molecular weight is 280 g/mol. The molecule has 0 spiro atoms. The number of halogens is 1. The number of rotatable bonds is 5. The quantitative estimate of drug-likeness (QED) is 0.912. The molecule has 0 aliphatic rings. The van der Waals surface area contributed by atoms with Gasteiger partial charge in [0, 0.05) is 18.3 Å². The Bertz CT molecular complexity index is 549. The van der Waals surface area contributed by atoms with Gasteiger partial charge in [-0.05, 0) is 6.07 Å². The molecule has 5 nitrogen and oxygen atoms in total. The van der Waals surface area contributed by atoms with Gasteiger partial charge in [-0.15, -0.1) is 0 Å². The summed E-state index contributed by atoms with van der Waals surface area (Å²) in [5, 5.41) is 3.76. The SMILES string of the molecule is COc1cc(Cl)c(NCc2ccncn2)cc1OC. The largest absolute Gasteiger partial charge is 0.493 e. The highest BCUT2D eigenvalue weighted by atomic mass is 35.5. The molecule has 0 atom stereocenters. The van der Waals surface area contributed by atoms with Crippen LogP contribution < -0.4 is 14.8 Å². The van der Waals surface area contributed by atoms with Crippen molar-refractivity contribution in [2.45, 2.75) is 6.54 Å². The van der Waals surface area contributed by atoms with Gasteiger partial charge in [-0.2, -0.15) is 0 Å². The van der Waals surface area contributed by atoms with Crippen molar-refractivity contribution in [3.05, 3.63) is 41.4 Å². The molecule has 0 saturated heterocycles. The van der Waals surface area contributed by atoms with Crippen LogP contribution in [0.2, 0.25) is 5.02 Å². The van der Waals surface area contributed by atoms with Crippen molar-refractivity contribution in [1.29, 1.82) is 0 Å². The number of aromatic nitrogens is 2. The van der Waals surface area contributed by atoms with Gasteiger partial charge in [-0.25, -0.2) is 9.97 Å². The first-order chi connectivity index (χ1) is 9.24. The van der Waals surface area contributed by atoms with Crippen LogP contribution in [-0.2, 0) is 6.54 Å². The number of ether oxygens (including phenoxy) is 2. The van der Waals surface area contributed by atoms with Gasteiger partial charge >= 0.3 is 0 Å². The molecule has 1 aromatic carbocycles. The monoisotopic (exact) mass is 279 g/mol. The lowest BCUT2D eigenvalue weighted by Crippen LogP contribution is -2.03. The van der Waals surface area contributed by atoms with Crippen LogP contribution in [0.3, 0.4) is 0 Å². The molecule has 0 aliphatic carbocycles. The fraction of sp³-hybridized carbons (Fsp3) is 0.231. The Labute approximate surface area is 116 Å². The zero-order valence-electron chi connectivity index (χ0n) is 10.7. The highest BCUT2D eigenvalue weighted by Gasteiger charge is 2.09. The van der Waals surface area contributed by atoms with Crippen molar-refractivity contribution in [3.63, 3.8) is 0 Å². The van der Waals surface area contributed by atoms with E-state index in [9.17, 15) is 0 Å². The number of anilines is 1. The first-order valence-electron chi connectivity index (χ1n) is 5.65. The van der Waals surface area contributed by atoms with E-state index in [1.165, 1.54) is 6.33 Å². The van der Waals surface area contributed by atoms with Crippen LogP contribution in [0.5, 0.6) is 11.5 Å². The summed E-state index contributed by atoms with van der Waals surface area (Å²) in [7, 11) is 3.15. The van der Waals surface area contributed by atoms with Gasteiger partial charge in [-0.1, -0.05) is 11.6 Å². The standard InChI is InChI=1S/C13H14ClN3O2/c1-18-12-5-10(14)11(6-13(12)19-2)16-7-9-3-4-15-8-17-9/h3-6,8,16H,7H2,1-2H3. The zero-order valence-corrected chi connectivity index (χ0v) is 11.4. The van der Waals surface area contributed by atoms with Crippen LogP contribution >= 0.6 is 11.6 Å². The molecule has 6 heteroatoms. The van der Waals surface area contributed by atoms with Gasteiger partial charge in [0.25, 0.3) is 0 Å². The predicted octanol–water partition coefficient (Wildman–Crippen LogP) is 2.76. The molecule has 0 unspecified atom stereocenters. The maximum atomic E-state index is 6.17. The average Bonchev–Trinajstić information content (AvgIpc) is 2.46. The summed E-state index contributed by atoms with van der Waals surface area (Å²) in [4.78, 5) is 7.99. The first kappa shape index (κ1) is 13.4. The number of hydrogen-bond acceptors (Lipinski definition) is 5. The third kappa shape index (κ3) is 3.26. The predicted molar refractivity (Wildman–Crippen MR) is 73.9 cm³/mol. The minimum atomic E-state index is 0.553. The lowest BCUT2D eigenvalue weighted by molar-refractivity contribution is 0.355. The van der Waals surface area contributed by atoms with Crippen LogP contribution in [0.25, 0.3) is 0 Å². The Morgan fingerprint density at radius 3 is 2.58 bits per heavy atom.